The van der Waals surface area contributed by atoms with Crippen molar-refractivity contribution in [2.24, 2.45) is 11.7 Å². The van der Waals surface area contributed by atoms with Crippen LogP contribution in [-0.4, -0.2) is 42.4 Å². The van der Waals surface area contributed by atoms with Crippen LogP contribution in [0.1, 0.15) is 36.3 Å². The van der Waals surface area contributed by atoms with E-state index in [4.69, 9.17) is 5.73 Å². The summed E-state index contributed by atoms with van der Waals surface area (Å²) >= 11 is 0. The van der Waals surface area contributed by atoms with Gasteiger partial charge in [-0.15, -0.1) is 0 Å². The molecule has 0 bridgehead atoms. The lowest BCUT2D eigenvalue weighted by Crippen LogP contribution is -2.47. The molecule has 142 valence electrons. The summed E-state index contributed by atoms with van der Waals surface area (Å²) in [6.45, 7) is 1.54. The molecule has 2 aliphatic rings. The number of likely N-dealkylation sites (tertiary alicyclic amines) is 1. The lowest BCUT2D eigenvalue weighted by molar-refractivity contribution is -0.138. The maximum atomic E-state index is 13.1. The molecule has 0 aromatic heterocycles. The van der Waals surface area contributed by atoms with Crippen LogP contribution in [0.2, 0.25) is 0 Å². The van der Waals surface area contributed by atoms with Crippen LogP contribution in [0, 0.1) is 5.92 Å². The van der Waals surface area contributed by atoms with Crippen LogP contribution in [0.5, 0.6) is 0 Å². The SMILES string of the molecule is NC(=O)CN1CCC(NC(=O)C2CC2c2ccccc2C(F)(F)F)CC1. The van der Waals surface area contributed by atoms with Gasteiger partial charge in [0.15, 0.2) is 0 Å². The van der Waals surface area contributed by atoms with E-state index in [-0.39, 0.29) is 35.9 Å². The van der Waals surface area contributed by atoms with E-state index < -0.39 is 17.7 Å². The first kappa shape index (κ1) is 18.7. The zero-order chi connectivity index (χ0) is 18.9. The van der Waals surface area contributed by atoms with Crippen molar-refractivity contribution in [2.75, 3.05) is 19.6 Å². The molecule has 1 aliphatic heterocycles. The Morgan fingerprint density at radius 3 is 2.46 bits per heavy atom. The summed E-state index contributed by atoms with van der Waals surface area (Å²) in [5, 5.41) is 2.95. The van der Waals surface area contributed by atoms with E-state index >= 15 is 0 Å². The number of amides is 2. The second-order valence-corrected chi connectivity index (χ2v) is 7.06. The van der Waals surface area contributed by atoms with Gasteiger partial charge in [-0.1, -0.05) is 18.2 Å². The number of nitrogens with two attached hydrogens (primary N) is 1. The predicted molar refractivity (Wildman–Crippen MR) is 89.1 cm³/mol. The molecule has 2 amide bonds. The highest BCUT2D eigenvalue weighted by Gasteiger charge is 2.48. The molecule has 1 aliphatic carbocycles. The number of hydrogen-bond donors (Lipinski definition) is 2. The summed E-state index contributed by atoms with van der Waals surface area (Å²) in [4.78, 5) is 25.3. The standard InChI is InChI=1S/C18H22F3N3O2/c19-18(20,21)15-4-2-1-3-12(15)13-9-14(13)17(26)23-11-5-7-24(8-6-11)10-16(22)25/h1-4,11,13-14H,5-10H2,(H2,22,25)(H,23,26). The number of halogens is 3. The zero-order valence-electron chi connectivity index (χ0n) is 14.3. The molecule has 2 fully saturated rings. The smallest absolute Gasteiger partial charge is 0.369 e. The Morgan fingerprint density at radius 2 is 1.85 bits per heavy atom. The van der Waals surface area contributed by atoms with Crippen molar-refractivity contribution < 1.29 is 22.8 Å². The average Bonchev–Trinajstić information content (AvgIpc) is 3.36. The van der Waals surface area contributed by atoms with Crippen LogP contribution in [0.25, 0.3) is 0 Å². The Balaban J connectivity index is 1.54. The van der Waals surface area contributed by atoms with Crippen molar-refractivity contribution in [1.29, 1.82) is 0 Å². The molecule has 1 aromatic rings. The molecule has 5 nitrogen and oxygen atoms in total. The van der Waals surface area contributed by atoms with Crippen LogP contribution >= 0.6 is 0 Å². The number of carbonyl (C=O) groups excluding carboxylic acids is 2. The zero-order valence-corrected chi connectivity index (χ0v) is 14.3. The fraction of sp³-hybridized carbons (Fsp3) is 0.556. The number of carbonyl (C=O) groups is 2. The molecule has 1 saturated heterocycles. The van der Waals surface area contributed by atoms with Gasteiger partial charge in [-0.3, -0.25) is 14.5 Å². The lowest BCUT2D eigenvalue weighted by Gasteiger charge is -2.31. The number of piperidine rings is 1. The van der Waals surface area contributed by atoms with E-state index in [0.29, 0.717) is 32.4 Å². The van der Waals surface area contributed by atoms with Crippen molar-refractivity contribution in [2.45, 2.75) is 37.4 Å². The molecule has 3 rings (SSSR count). The Bertz CT molecular complexity index is 685. The van der Waals surface area contributed by atoms with Gasteiger partial charge in [0.1, 0.15) is 0 Å². The molecule has 0 spiro atoms. The van der Waals surface area contributed by atoms with Gasteiger partial charge in [0.05, 0.1) is 12.1 Å². The minimum atomic E-state index is -4.41. The number of nitrogens with one attached hydrogen (secondary N) is 1. The molecule has 8 heteroatoms. The summed E-state index contributed by atoms with van der Waals surface area (Å²) in [6.07, 6.45) is -2.56. The minimum Gasteiger partial charge on any atom is -0.369 e. The molecule has 0 radical (unpaired) electrons. The highest BCUT2D eigenvalue weighted by atomic mass is 19.4. The molecule has 1 saturated carbocycles. The Labute approximate surface area is 149 Å². The van der Waals surface area contributed by atoms with Crippen LogP contribution < -0.4 is 11.1 Å². The van der Waals surface area contributed by atoms with E-state index in [2.05, 4.69) is 5.32 Å². The van der Waals surface area contributed by atoms with E-state index in [1.165, 1.54) is 12.1 Å². The molecule has 1 aromatic carbocycles. The maximum absolute atomic E-state index is 13.1. The van der Waals surface area contributed by atoms with Gasteiger partial charge >= 0.3 is 6.18 Å². The van der Waals surface area contributed by atoms with Gasteiger partial charge in [0, 0.05) is 25.0 Å². The third-order valence-corrected chi connectivity index (χ3v) is 5.11. The van der Waals surface area contributed by atoms with Crippen LogP contribution in [0.15, 0.2) is 24.3 Å². The van der Waals surface area contributed by atoms with Gasteiger partial charge < -0.3 is 11.1 Å². The monoisotopic (exact) mass is 369 g/mol. The number of rotatable bonds is 5. The van der Waals surface area contributed by atoms with Gasteiger partial charge in [-0.2, -0.15) is 13.2 Å². The van der Waals surface area contributed by atoms with Crippen LogP contribution in [0.4, 0.5) is 13.2 Å². The third-order valence-electron chi connectivity index (χ3n) is 5.11. The summed E-state index contributed by atoms with van der Waals surface area (Å²) in [5.41, 5.74) is 4.72. The molecule has 1 heterocycles. The van der Waals surface area contributed by atoms with Crippen molar-refractivity contribution in [3.05, 3.63) is 35.4 Å². The second kappa shape index (κ2) is 7.26. The lowest BCUT2D eigenvalue weighted by atomic mass is 10.0. The number of alkyl halides is 3. The summed E-state index contributed by atoms with van der Waals surface area (Å²) < 4.78 is 39.4. The Morgan fingerprint density at radius 1 is 1.19 bits per heavy atom. The molecule has 2 unspecified atom stereocenters. The van der Waals surface area contributed by atoms with Crippen molar-refractivity contribution in [3.8, 4) is 0 Å². The number of primary amides is 1. The fourth-order valence-electron chi connectivity index (χ4n) is 3.67. The van der Waals surface area contributed by atoms with Crippen molar-refractivity contribution in [3.63, 3.8) is 0 Å². The average molecular weight is 369 g/mol. The Kier molecular flexibility index (Phi) is 5.22. The van der Waals surface area contributed by atoms with Crippen LogP contribution in [-0.2, 0) is 15.8 Å². The van der Waals surface area contributed by atoms with Crippen LogP contribution in [0.3, 0.4) is 0 Å². The first-order valence-corrected chi connectivity index (χ1v) is 8.73. The minimum absolute atomic E-state index is 0.00858. The normalized spacial score (nSPS) is 24.3. The van der Waals surface area contributed by atoms with Crippen molar-refractivity contribution in [1.82, 2.24) is 10.2 Å². The highest BCUT2D eigenvalue weighted by Crippen LogP contribution is 2.51. The predicted octanol–water partition coefficient (Wildman–Crippen LogP) is 1.87. The fourth-order valence-corrected chi connectivity index (χ4v) is 3.67. The maximum Gasteiger partial charge on any atom is 0.416 e. The summed E-state index contributed by atoms with van der Waals surface area (Å²) in [6, 6.07) is 5.46. The van der Waals surface area contributed by atoms with Gasteiger partial charge in [-0.25, -0.2) is 0 Å². The van der Waals surface area contributed by atoms with Gasteiger partial charge in [0.25, 0.3) is 0 Å². The van der Waals surface area contributed by atoms with E-state index in [1.807, 2.05) is 4.90 Å². The van der Waals surface area contributed by atoms with E-state index in [0.717, 1.165) is 6.07 Å². The topological polar surface area (TPSA) is 75.4 Å². The molecule has 3 N–H and O–H groups in total. The quantitative estimate of drug-likeness (QED) is 0.832. The number of benzene rings is 1. The second-order valence-electron chi connectivity index (χ2n) is 7.06. The summed E-state index contributed by atoms with van der Waals surface area (Å²) in [5.74, 6) is -1.33. The molecule has 26 heavy (non-hydrogen) atoms. The molecular formula is C18H22F3N3O2. The first-order valence-electron chi connectivity index (χ1n) is 8.73. The van der Waals surface area contributed by atoms with Gasteiger partial charge in [-0.05, 0) is 36.8 Å². The Hall–Kier alpha value is -2.09. The van der Waals surface area contributed by atoms with Gasteiger partial charge in [0.2, 0.25) is 11.8 Å². The summed E-state index contributed by atoms with van der Waals surface area (Å²) in [7, 11) is 0. The highest BCUT2D eigenvalue weighted by molar-refractivity contribution is 5.83. The van der Waals surface area contributed by atoms with E-state index in [9.17, 15) is 22.8 Å². The number of hydrogen-bond acceptors (Lipinski definition) is 3. The molecule has 2 atom stereocenters. The molecular weight excluding hydrogens is 347 g/mol. The van der Waals surface area contributed by atoms with E-state index in [1.54, 1.807) is 6.07 Å². The first-order chi connectivity index (χ1) is 12.3. The third kappa shape index (κ3) is 4.35. The van der Waals surface area contributed by atoms with Crippen molar-refractivity contribution >= 4 is 11.8 Å². The largest absolute Gasteiger partial charge is 0.416 e. The number of nitrogens with zero attached hydrogens (tertiary/aromatic N) is 1.